The Morgan fingerprint density at radius 1 is 0.710 bits per heavy atom. The Hall–Kier alpha value is -1.71. The molecular formula is C27H46O4. The zero-order chi connectivity index (χ0) is 22.7. The van der Waals surface area contributed by atoms with E-state index in [-0.39, 0.29) is 11.5 Å². The van der Waals surface area contributed by atoms with E-state index in [4.69, 9.17) is 4.74 Å². The van der Waals surface area contributed by atoms with Crippen LogP contribution in [0, 0.1) is 0 Å². The van der Waals surface area contributed by atoms with Gasteiger partial charge in [0, 0.05) is 12.5 Å². The number of aromatic hydroxyl groups is 2. The van der Waals surface area contributed by atoms with Crippen molar-refractivity contribution in [2.45, 2.75) is 129 Å². The van der Waals surface area contributed by atoms with Crippen molar-refractivity contribution >= 4 is 5.97 Å². The van der Waals surface area contributed by atoms with Crippen LogP contribution in [-0.2, 0) is 11.2 Å². The first-order valence-corrected chi connectivity index (χ1v) is 12.8. The third kappa shape index (κ3) is 13.3. The van der Waals surface area contributed by atoms with Crippen LogP contribution in [0.4, 0.5) is 0 Å². The summed E-state index contributed by atoms with van der Waals surface area (Å²) < 4.78 is 5.15. The van der Waals surface area contributed by atoms with Crippen molar-refractivity contribution in [3.8, 4) is 17.2 Å². The fourth-order valence-corrected chi connectivity index (χ4v) is 4.12. The number of benzene rings is 1. The second kappa shape index (κ2) is 17.9. The van der Waals surface area contributed by atoms with Crippen LogP contribution >= 0.6 is 0 Å². The number of ether oxygens (including phenoxy) is 1. The molecule has 0 spiro atoms. The summed E-state index contributed by atoms with van der Waals surface area (Å²) in [7, 11) is 0. The Labute approximate surface area is 190 Å². The van der Waals surface area contributed by atoms with Crippen LogP contribution in [0.1, 0.15) is 129 Å². The minimum Gasteiger partial charge on any atom is -0.504 e. The first-order chi connectivity index (χ1) is 15.1. The van der Waals surface area contributed by atoms with Gasteiger partial charge in [-0.25, -0.2) is 0 Å². The van der Waals surface area contributed by atoms with E-state index in [1.54, 1.807) is 6.07 Å². The average molecular weight is 435 g/mol. The van der Waals surface area contributed by atoms with Gasteiger partial charge in [0.1, 0.15) is 5.75 Å². The van der Waals surface area contributed by atoms with E-state index in [2.05, 4.69) is 6.92 Å². The van der Waals surface area contributed by atoms with Crippen LogP contribution in [0.5, 0.6) is 17.2 Å². The Balaban J connectivity index is 1.98. The van der Waals surface area contributed by atoms with E-state index < -0.39 is 5.97 Å². The summed E-state index contributed by atoms with van der Waals surface area (Å²) in [5.41, 5.74) is 0.524. The van der Waals surface area contributed by atoms with Crippen LogP contribution in [0.2, 0.25) is 0 Å². The Bertz CT molecular complexity index is 597. The van der Waals surface area contributed by atoms with Gasteiger partial charge in [-0.15, -0.1) is 0 Å². The minimum atomic E-state index is -0.422. The summed E-state index contributed by atoms with van der Waals surface area (Å²) in [5.74, 6) is -0.416. The lowest BCUT2D eigenvalue weighted by atomic mass is 10.0. The highest BCUT2D eigenvalue weighted by Gasteiger charge is 2.14. The van der Waals surface area contributed by atoms with Gasteiger partial charge in [0.2, 0.25) is 0 Å². The highest BCUT2D eigenvalue weighted by atomic mass is 16.5. The van der Waals surface area contributed by atoms with Gasteiger partial charge in [0.25, 0.3) is 0 Å². The maximum Gasteiger partial charge on any atom is 0.308 e. The molecule has 0 bridgehead atoms. The number of phenols is 2. The summed E-state index contributed by atoms with van der Waals surface area (Å²) in [4.78, 5) is 11.2. The molecule has 0 aliphatic carbocycles. The van der Waals surface area contributed by atoms with E-state index >= 15 is 0 Å². The lowest BCUT2D eigenvalue weighted by molar-refractivity contribution is -0.131. The summed E-state index contributed by atoms with van der Waals surface area (Å²) >= 11 is 0. The van der Waals surface area contributed by atoms with Gasteiger partial charge in [-0.05, 0) is 25.0 Å². The fourth-order valence-electron chi connectivity index (χ4n) is 4.12. The molecule has 0 saturated carbocycles. The molecule has 4 heteroatoms. The average Bonchev–Trinajstić information content (AvgIpc) is 2.74. The Morgan fingerprint density at radius 2 is 1.13 bits per heavy atom. The predicted molar refractivity (Wildman–Crippen MR) is 129 cm³/mol. The zero-order valence-electron chi connectivity index (χ0n) is 20.1. The molecule has 0 unspecified atom stereocenters. The van der Waals surface area contributed by atoms with Crippen LogP contribution < -0.4 is 4.74 Å². The molecule has 0 saturated heterocycles. The molecule has 178 valence electrons. The first kappa shape index (κ1) is 27.3. The van der Waals surface area contributed by atoms with Gasteiger partial charge in [-0.2, -0.15) is 0 Å². The van der Waals surface area contributed by atoms with Gasteiger partial charge >= 0.3 is 5.97 Å². The van der Waals surface area contributed by atoms with Crippen molar-refractivity contribution in [1.82, 2.24) is 0 Å². The topological polar surface area (TPSA) is 66.8 Å². The lowest BCUT2D eigenvalue weighted by Gasteiger charge is -2.12. The van der Waals surface area contributed by atoms with Crippen molar-refractivity contribution < 1.29 is 19.7 Å². The third-order valence-electron chi connectivity index (χ3n) is 6.00. The van der Waals surface area contributed by atoms with Crippen molar-refractivity contribution in [2.75, 3.05) is 0 Å². The van der Waals surface area contributed by atoms with Crippen molar-refractivity contribution in [3.05, 3.63) is 17.7 Å². The number of unbranched alkanes of at least 4 members (excludes halogenated alkanes) is 16. The summed E-state index contributed by atoms with van der Waals surface area (Å²) in [5, 5.41) is 19.8. The number of hydrogen-bond acceptors (Lipinski definition) is 4. The number of esters is 1. The molecule has 0 aliphatic heterocycles. The zero-order valence-corrected chi connectivity index (χ0v) is 20.1. The molecule has 1 aromatic carbocycles. The molecule has 0 amide bonds. The monoisotopic (exact) mass is 434 g/mol. The van der Waals surface area contributed by atoms with E-state index in [0.29, 0.717) is 17.7 Å². The SMILES string of the molecule is CCCCCCCCCCCCCCCCCCCc1c(OC(C)=O)ccc(O)c1O. The number of carbonyl (C=O) groups is 1. The first-order valence-electron chi connectivity index (χ1n) is 12.8. The molecule has 1 aromatic rings. The Kier molecular flexibility index (Phi) is 15.8. The van der Waals surface area contributed by atoms with Crippen LogP contribution in [0.15, 0.2) is 12.1 Å². The molecule has 0 aliphatic rings. The maximum absolute atomic E-state index is 11.2. The Morgan fingerprint density at radius 3 is 1.55 bits per heavy atom. The number of rotatable bonds is 19. The molecule has 0 fully saturated rings. The van der Waals surface area contributed by atoms with Gasteiger partial charge in [0.15, 0.2) is 11.5 Å². The molecule has 0 heterocycles. The lowest BCUT2D eigenvalue weighted by Crippen LogP contribution is -2.04. The van der Waals surface area contributed by atoms with E-state index in [0.717, 1.165) is 12.8 Å². The van der Waals surface area contributed by atoms with Crippen molar-refractivity contribution in [3.63, 3.8) is 0 Å². The number of carbonyl (C=O) groups excluding carboxylic acids is 1. The molecule has 0 atom stereocenters. The summed E-state index contributed by atoms with van der Waals surface area (Å²) in [6.45, 7) is 3.61. The van der Waals surface area contributed by atoms with E-state index in [9.17, 15) is 15.0 Å². The minimum absolute atomic E-state index is 0.169. The predicted octanol–water partition coefficient (Wildman–Crippen LogP) is 8.22. The molecule has 4 nitrogen and oxygen atoms in total. The second-order valence-corrected chi connectivity index (χ2v) is 8.91. The fraction of sp³-hybridized carbons (Fsp3) is 0.741. The highest BCUT2D eigenvalue weighted by molar-refractivity contribution is 5.70. The molecule has 0 aromatic heterocycles. The van der Waals surface area contributed by atoms with Gasteiger partial charge in [-0.3, -0.25) is 4.79 Å². The quantitative estimate of drug-likeness (QED) is 0.0996. The largest absolute Gasteiger partial charge is 0.504 e. The van der Waals surface area contributed by atoms with Crippen molar-refractivity contribution in [1.29, 1.82) is 0 Å². The van der Waals surface area contributed by atoms with Crippen LogP contribution in [0.25, 0.3) is 0 Å². The smallest absolute Gasteiger partial charge is 0.308 e. The summed E-state index contributed by atoms with van der Waals surface area (Å²) in [6.07, 6.45) is 23.0. The normalized spacial score (nSPS) is 11.0. The molecule has 31 heavy (non-hydrogen) atoms. The standard InChI is InChI=1S/C27H46O4/c1-3-4-5-6-7-8-9-10-11-12-13-14-15-16-17-18-19-20-24-26(31-23(2)28)22-21-25(29)27(24)30/h21-22,29-30H,3-20H2,1-2H3. The van der Waals surface area contributed by atoms with Gasteiger partial charge in [0.05, 0.1) is 0 Å². The van der Waals surface area contributed by atoms with Crippen LogP contribution in [-0.4, -0.2) is 16.2 Å². The van der Waals surface area contributed by atoms with E-state index in [1.165, 1.54) is 109 Å². The number of hydrogen-bond donors (Lipinski definition) is 2. The molecule has 2 N–H and O–H groups in total. The van der Waals surface area contributed by atoms with Crippen molar-refractivity contribution in [2.24, 2.45) is 0 Å². The maximum atomic E-state index is 11.2. The second-order valence-electron chi connectivity index (χ2n) is 8.91. The van der Waals surface area contributed by atoms with Gasteiger partial charge in [-0.1, -0.05) is 110 Å². The van der Waals surface area contributed by atoms with Gasteiger partial charge < -0.3 is 14.9 Å². The molecular weight excluding hydrogens is 388 g/mol. The molecule has 0 radical (unpaired) electrons. The molecule has 1 rings (SSSR count). The van der Waals surface area contributed by atoms with Crippen LogP contribution in [0.3, 0.4) is 0 Å². The third-order valence-corrected chi connectivity index (χ3v) is 6.00. The number of phenolic OH excluding ortho intramolecular Hbond substituents is 2. The summed E-state index contributed by atoms with van der Waals surface area (Å²) in [6, 6.07) is 2.89. The van der Waals surface area contributed by atoms with E-state index in [1.807, 2.05) is 0 Å². The highest BCUT2D eigenvalue weighted by Crippen LogP contribution is 2.37.